The molecule has 0 atom stereocenters. The molecule has 0 aliphatic carbocycles. The van der Waals surface area contributed by atoms with Gasteiger partial charge >= 0.3 is 0 Å². The molecule has 2 aromatic rings. The zero-order valence-electron chi connectivity index (χ0n) is 11.8. The van der Waals surface area contributed by atoms with E-state index in [0.717, 1.165) is 30.2 Å². The third-order valence-corrected chi connectivity index (χ3v) is 3.54. The van der Waals surface area contributed by atoms with Crippen LogP contribution in [0.15, 0.2) is 30.3 Å². The van der Waals surface area contributed by atoms with E-state index in [1.807, 2.05) is 24.3 Å². The fourth-order valence-electron chi connectivity index (χ4n) is 2.25. The van der Waals surface area contributed by atoms with Crippen LogP contribution in [0, 0.1) is 0 Å². The molecule has 5 nitrogen and oxygen atoms in total. The molecule has 0 amide bonds. The number of hydrogen-bond acceptors (Lipinski definition) is 5. The summed E-state index contributed by atoms with van der Waals surface area (Å²) in [4.78, 5) is 11.1. The van der Waals surface area contributed by atoms with Crippen molar-refractivity contribution < 1.29 is 9.47 Å². The Morgan fingerprint density at radius 1 is 1.19 bits per heavy atom. The van der Waals surface area contributed by atoms with E-state index in [2.05, 4.69) is 14.9 Å². The molecule has 110 valence electrons. The summed E-state index contributed by atoms with van der Waals surface area (Å²) >= 11 is 6.15. The number of rotatable bonds is 3. The minimum absolute atomic E-state index is 0.435. The summed E-state index contributed by atoms with van der Waals surface area (Å²) in [5.74, 6) is 2.20. The topological polar surface area (TPSA) is 47.5 Å². The quantitative estimate of drug-likeness (QED) is 0.816. The highest BCUT2D eigenvalue weighted by atomic mass is 35.5. The molecule has 0 unspecified atom stereocenters. The van der Waals surface area contributed by atoms with Crippen LogP contribution in [0.4, 0.5) is 5.82 Å². The maximum atomic E-state index is 6.15. The second-order valence-corrected chi connectivity index (χ2v) is 5.09. The van der Waals surface area contributed by atoms with E-state index >= 15 is 0 Å². The Hall–Kier alpha value is -1.85. The maximum Gasteiger partial charge on any atom is 0.163 e. The third-order valence-electron chi connectivity index (χ3n) is 3.34. The maximum absolute atomic E-state index is 6.15. The Bertz CT molecular complexity index is 630. The highest BCUT2D eigenvalue weighted by Gasteiger charge is 2.15. The number of nitrogens with zero attached hydrogens (tertiary/aromatic N) is 3. The second-order valence-electron chi connectivity index (χ2n) is 4.70. The molecule has 0 radical (unpaired) electrons. The molecule has 0 N–H and O–H groups in total. The molecule has 1 fully saturated rings. The molecule has 21 heavy (non-hydrogen) atoms. The van der Waals surface area contributed by atoms with Gasteiger partial charge in [-0.3, -0.25) is 0 Å². The van der Waals surface area contributed by atoms with Gasteiger partial charge in [-0.1, -0.05) is 23.7 Å². The van der Waals surface area contributed by atoms with E-state index in [4.69, 9.17) is 21.1 Å². The van der Waals surface area contributed by atoms with Crippen molar-refractivity contribution >= 4 is 17.4 Å². The van der Waals surface area contributed by atoms with Gasteiger partial charge in [-0.25, -0.2) is 9.97 Å². The monoisotopic (exact) mass is 305 g/mol. The highest BCUT2D eigenvalue weighted by Crippen LogP contribution is 2.25. The Labute approximate surface area is 128 Å². The smallest absolute Gasteiger partial charge is 0.163 e. The molecule has 2 heterocycles. The number of aromatic nitrogens is 2. The molecular formula is C15H16ClN3O2. The van der Waals surface area contributed by atoms with Crippen molar-refractivity contribution in [2.24, 2.45) is 0 Å². The molecule has 6 heteroatoms. The van der Waals surface area contributed by atoms with E-state index in [-0.39, 0.29) is 0 Å². The van der Waals surface area contributed by atoms with Gasteiger partial charge < -0.3 is 14.4 Å². The standard InChI is InChI=1S/C15H16ClN3O2/c1-20-12-4-2-3-11(9-12)15-17-13(16)10-14(18-15)19-5-7-21-8-6-19/h2-4,9-10H,5-8H2,1H3. The Balaban J connectivity index is 1.96. The van der Waals surface area contributed by atoms with Gasteiger partial charge in [0.15, 0.2) is 5.82 Å². The summed E-state index contributed by atoms with van der Waals surface area (Å²) in [6.07, 6.45) is 0. The summed E-state index contributed by atoms with van der Waals surface area (Å²) in [7, 11) is 1.64. The first-order valence-corrected chi connectivity index (χ1v) is 7.16. The second kappa shape index (κ2) is 6.28. The van der Waals surface area contributed by atoms with Gasteiger partial charge in [0.05, 0.1) is 20.3 Å². The highest BCUT2D eigenvalue weighted by molar-refractivity contribution is 6.29. The lowest BCUT2D eigenvalue weighted by Gasteiger charge is -2.28. The zero-order valence-corrected chi connectivity index (χ0v) is 12.5. The van der Waals surface area contributed by atoms with Crippen LogP contribution in [0.3, 0.4) is 0 Å². The van der Waals surface area contributed by atoms with Crippen molar-refractivity contribution in [2.45, 2.75) is 0 Å². The summed E-state index contributed by atoms with van der Waals surface area (Å²) in [6, 6.07) is 9.42. The minimum Gasteiger partial charge on any atom is -0.497 e. The Kier molecular flexibility index (Phi) is 4.22. The molecule has 0 saturated carbocycles. The number of methoxy groups -OCH3 is 1. The van der Waals surface area contributed by atoms with Gasteiger partial charge in [-0.15, -0.1) is 0 Å². The third kappa shape index (κ3) is 3.25. The fraction of sp³-hybridized carbons (Fsp3) is 0.333. The number of benzene rings is 1. The normalized spacial score (nSPS) is 15.0. The Morgan fingerprint density at radius 2 is 2.00 bits per heavy atom. The molecule has 1 aliphatic heterocycles. The molecular weight excluding hydrogens is 290 g/mol. The first-order chi connectivity index (χ1) is 10.3. The average Bonchev–Trinajstić information content (AvgIpc) is 2.55. The molecule has 0 bridgehead atoms. The fourth-order valence-corrected chi connectivity index (χ4v) is 2.43. The van der Waals surface area contributed by atoms with Gasteiger partial charge in [-0.2, -0.15) is 0 Å². The van der Waals surface area contributed by atoms with Crippen LogP contribution in [-0.4, -0.2) is 43.4 Å². The van der Waals surface area contributed by atoms with E-state index < -0.39 is 0 Å². The summed E-state index contributed by atoms with van der Waals surface area (Å²) < 4.78 is 10.6. The lowest BCUT2D eigenvalue weighted by atomic mass is 10.2. The van der Waals surface area contributed by atoms with Gasteiger partial charge in [-0.05, 0) is 12.1 Å². The van der Waals surface area contributed by atoms with Crippen LogP contribution in [-0.2, 0) is 4.74 Å². The van der Waals surface area contributed by atoms with Gasteiger partial charge in [0.2, 0.25) is 0 Å². The van der Waals surface area contributed by atoms with Crippen LogP contribution in [0.2, 0.25) is 5.15 Å². The van der Waals surface area contributed by atoms with Crippen LogP contribution in [0.25, 0.3) is 11.4 Å². The summed E-state index contributed by atoms with van der Waals surface area (Å²) in [5, 5.41) is 0.435. The first-order valence-electron chi connectivity index (χ1n) is 6.78. The average molecular weight is 306 g/mol. The summed E-state index contributed by atoms with van der Waals surface area (Å²) in [5.41, 5.74) is 0.881. The minimum atomic E-state index is 0.435. The Morgan fingerprint density at radius 3 is 2.76 bits per heavy atom. The van der Waals surface area contributed by atoms with Gasteiger partial charge in [0.1, 0.15) is 16.7 Å². The predicted octanol–water partition coefficient (Wildman–Crippen LogP) is 2.64. The van der Waals surface area contributed by atoms with Crippen molar-refractivity contribution in [3.05, 3.63) is 35.5 Å². The summed E-state index contributed by atoms with van der Waals surface area (Å²) in [6.45, 7) is 3.03. The molecule has 1 aromatic carbocycles. The van der Waals surface area contributed by atoms with Crippen molar-refractivity contribution in [3.63, 3.8) is 0 Å². The number of anilines is 1. The van der Waals surface area contributed by atoms with E-state index in [9.17, 15) is 0 Å². The van der Waals surface area contributed by atoms with Crippen LogP contribution in [0.1, 0.15) is 0 Å². The number of morpholine rings is 1. The first kappa shape index (κ1) is 14.1. The SMILES string of the molecule is COc1cccc(-c2nc(Cl)cc(N3CCOCC3)n2)c1. The molecule has 1 aromatic heterocycles. The van der Waals surface area contributed by atoms with E-state index in [1.165, 1.54) is 0 Å². The van der Waals surface area contributed by atoms with Crippen molar-refractivity contribution in [2.75, 3.05) is 38.3 Å². The number of hydrogen-bond donors (Lipinski definition) is 0. The number of halogens is 1. The van der Waals surface area contributed by atoms with Crippen molar-refractivity contribution in [1.29, 1.82) is 0 Å². The van der Waals surface area contributed by atoms with Crippen molar-refractivity contribution in [3.8, 4) is 17.1 Å². The largest absolute Gasteiger partial charge is 0.497 e. The molecule has 1 saturated heterocycles. The van der Waals surface area contributed by atoms with Gasteiger partial charge in [0.25, 0.3) is 0 Å². The lowest BCUT2D eigenvalue weighted by Crippen LogP contribution is -2.36. The molecule has 3 rings (SSSR count). The zero-order chi connectivity index (χ0) is 14.7. The van der Waals surface area contributed by atoms with Crippen LogP contribution < -0.4 is 9.64 Å². The number of ether oxygens (including phenoxy) is 2. The van der Waals surface area contributed by atoms with Gasteiger partial charge in [0, 0.05) is 24.7 Å². The van der Waals surface area contributed by atoms with E-state index in [1.54, 1.807) is 13.2 Å². The van der Waals surface area contributed by atoms with Crippen LogP contribution in [0.5, 0.6) is 5.75 Å². The molecule has 0 spiro atoms. The predicted molar refractivity (Wildman–Crippen MR) is 82.1 cm³/mol. The van der Waals surface area contributed by atoms with Crippen molar-refractivity contribution in [1.82, 2.24) is 9.97 Å². The molecule has 1 aliphatic rings. The lowest BCUT2D eigenvalue weighted by molar-refractivity contribution is 0.122. The van der Waals surface area contributed by atoms with Crippen LogP contribution >= 0.6 is 11.6 Å². The van der Waals surface area contributed by atoms with E-state index in [0.29, 0.717) is 24.2 Å².